The third kappa shape index (κ3) is 5.10. The molecule has 1 amide bonds. The summed E-state index contributed by atoms with van der Waals surface area (Å²) >= 11 is 0. The molecule has 0 unspecified atom stereocenters. The molecular weight excluding hydrogens is 438 g/mol. The third-order valence-corrected chi connectivity index (χ3v) is 5.24. The van der Waals surface area contributed by atoms with Crippen LogP contribution in [0.15, 0.2) is 54.6 Å². The summed E-state index contributed by atoms with van der Waals surface area (Å²) in [6.07, 6.45) is 1.70. The van der Waals surface area contributed by atoms with Crippen molar-refractivity contribution in [2.24, 2.45) is 0 Å². The van der Waals surface area contributed by atoms with Crippen LogP contribution in [0.3, 0.4) is 0 Å². The summed E-state index contributed by atoms with van der Waals surface area (Å²) in [6, 6.07) is 15.8. The van der Waals surface area contributed by atoms with Gasteiger partial charge in [0, 0.05) is 6.07 Å². The fourth-order valence-corrected chi connectivity index (χ4v) is 3.30. The van der Waals surface area contributed by atoms with Gasteiger partial charge in [-0.2, -0.15) is 5.26 Å². The van der Waals surface area contributed by atoms with E-state index in [0.29, 0.717) is 23.2 Å². The van der Waals surface area contributed by atoms with Gasteiger partial charge >= 0.3 is 0 Å². The number of nitriles is 1. The van der Waals surface area contributed by atoms with E-state index < -0.39 is 17.5 Å². The highest BCUT2D eigenvalue weighted by Gasteiger charge is 2.11. The average Bonchev–Trinajstić information content (AvgIpc) is 3.21. The molecule has 0 radical (unpaired) electrons. The average molecular weight is 458 g/mol. The predicted octanol–water partition coefficient (Wildman–Crippen LogP) is 5.54. The van der Waals surface area contributed by atoms with Crippen LogP contribution in [-0.4, -0.2) is 22.5 Å². The van der Waals surface area contributed by atoms with Crippen LogP contribution in [0.1, 0.15) is 22.5 Å². The highest BCUT2D eigenvalue weighted by atomic mass is 19.1. The van der Waals surface area contributed by atoms with Crippen LogP contribution in [0.4, 0.5) is 14.5 Å². The molecule has 4 rings (SSSR count). The van der Waals surface area contributed by atoms with Gasteiger partial charge in [0.15, 0.2) is 6.61 Å². The SMILES string of the molecule is Cc1cc2nc(C(C#N)=Cc3ccc(OCC(=O)Nc4ccc(F)cc4F)cc3)[nH]c2cc1C. The highest BCUT2D eigenvalue weighted by Crippen LogP contribution is 2.23. The highest BCUT2D eigenvalue weighted by molar-refractivity contribution is 5.92. The lowest BCUT2D eigenvalue weighted by atomic mass is 10.1. The zero-order valence-electron chi connectivity index (χ0n) is 18.4. The molecule has 0 spiro atoms. The summed E-state index contributed by atoms with van der Waals surface area (Å²) in [7, 11) is 0. The van der Waals surface area contributed by atoms with Gasteiger partial charge in [-0.1, -0.05) is 12.1 Å². The van der Waals surface area contributed by atoms with E-state index in [4.69, 9.17) is 4.74 Å². The van der Waals surface area contributed by atoms with Gasteiger partial charge in [0.05, 0.1) is 22.3 Å². The normalized spacial score (nSPS) is 11.3. The van der Waals surface area contributed by atoms with E-state index in [1.54, 1.807) is 30.3 Å². The summed E-state index contributed by atoms with van der Waals surface area (Å²) in [5.74, 6) is -1.29. The van der Waals surface area contributed by atoms with Crippen LogP contribution < -0.4 is 10.1 Å². The van der Waals surface area contributed by atoms with Crippen molar-refractivity contribution in [3.63, 3.8) is 0 Å². The number of hydrogen-bond acceptors (Lipinski definition) is 4. The number of aryl methyl sites for hydroxylation is 2. The molecule has 1 aromatic heterocycles. The summed E-state index contributed by atoms with van der Waals surface area (Å²) in [4.78, 5) is 19.7. The molecule has 0 aliphatic carbocycles. The number of carbonyl (C=O) groups is 1. The smallest absolute Gasteiger partial charge is 0.262 e. The number of hydrogen-bond donors (Lipinski definition) is 2. The van der Waals surface area contributed by atoms with Crippen molar-refractivity contribution in [3.8, 4) is 11.8 Å². The van der Waals surface area contributed by atoms with Crippen LogP contribution in [0.5, 0.6) is 5.75 Å². The zero-order valence-corrected chi connectivity index (χ0v) is 18.4. The lowest BCUT2D eigenvalue weighted by Crippen LogP contribution is -2.20. The topological polar surface area (TPSA) is 90.8 Å². The van der Waals surface area contributed by atoms with Crippen molar-refractivity contribution < 1.29 is 18.3 Å². The fraction of sp³-hybridized carbons (Fsp3) is 0.115. The van der Waals surface area contributed by atoms with Gasteiger partial charge in [0.2, 0.25) is 0 Å². The van der Waals surface area contributed by atoms with Gasteiger partial charge in [0.1, 0.15) is 29.3 Å². The van der Waals surface area contributed by atoms with Crippen LogP contribution in [0.2, 0.25) is 0 Å². The number of allylic oxidation sites excluding steroid dienone is 1. The first-order chi connectivity index (χ1) is 16.3. The molecule has 170 valence electrons. The van der Waals surface area contributed by atoms with Gasteiger partial charge < -0.3 is 15.0 Å². The van der Waals surface area contributed by atoms with Crippen molar-refractivity contribution in [1.82, 2.24) is 9.97 Å². The number of nitrogens with one attached hydrogen (secondary N) is 2. The second-order valence-electron chi connectivity index (χ2n) is 7.74. The number of H-pyrrole nitrogens is 1. The molecule has 0 saturated carbocycles. The summed E-state index contributed by atoms with van der Waals surface area (Å²) in [5.41, 5.74) is 4.91. The fourth-order valence-electron chi connectivity index (χ4n) is 3.30. The molecule has 4 aromatic rings. The number of nitrogens with zero attached hydrogens (tertiary/aromatic N) is 2. The second-order valence-corrected chi connectivity index (χ2v) is 7.74. The monoisotopic (exact) mass is 458 g/mol. The zero-order chi connectivity index (χ0) is 24.2. The Bertz CT molecular complexity index is 1410. The van der Waals surface area contributed by atoms with E-state index in [1.807, 2.05) is 26.0 Å². The van der Waals surface area contributed by atoms with Crippen molar-refractivity contribution >= 4 is 34.3 Å². The quantitative estimate of drug-likeness (QED) is 0.371. The minimum absolute atomic E-state index is 0.129. The van der Waals surface area contributed by atoms with Gasteiger partial charge in [-0.15, -0.1) is 0 Å². The Morgan fingerprint density at radius 3 is 2.56 bits per heavy atom. The molecule has 8 heteroatoms. The minimum atomic E-state index is -0.868. The molecule has 0 atom stereocenters. The second kappa shape index (κ2) is 9.55. The Hall–Kier alpha value is -4.51. The minimum Gasteiger partial charge on any atom is -0.484 e. The van der Waals surface area contributed by atoms with Crippen LogP contribution in [0, 0.1) is 36.8 Å². The molecule has 6 nitrogen and oxygen atoms in total. The predicted molar refractivity (Wildman–Crippen MR) is 126 cm³/mol. The first-order valence-corrected chi connectivity index (χ1v) is 10.4. The number of ether oxygens (including phenoxy) is 1. The lowest BCUT2D eigenvalue weighted by Gasteiger charge is -2.08. The number of carbonyl (C=O) groups excluding carboxylic acids is 1. The Morgan fingerprint density at radius 1 is 1.12 bits per heavy atom. The molecule has 0 fully saturated rings. The molecule has 0 aliphatic heterocycles. The molecule has 0 aliphatic rings. The summed E-state index contributed by atoms with van der Waals surface area (Å²) in [5, 5.41) is 12.0. The van der Waals surface area contributed by atoms with Gasteiger partial charge in [0.25, 0.3) is 5.91 Å². The van der Waals surface area contributed by atoms with Crippen LogP contribution in [-0.2, 0) is 4.79 Å². The number of fused-ring (bicyclic) bond motifs is 1. The maximum absolute atomic E-state index is 13.6. The van der Waals surface area contributed by atoms with E-state index in [-0.39, 0.29) is 12.3 Å². The maximum atomic E-state index is 13.6. The van der Waals surface area contributed by atoms with E-state index in [9.17, 15) is 18.8 Å². The number of aromatic nitrogens is 2. The number of anilines is 1. The molecule has 0 saturated heterocycles. The number of rotatable bonds is 6. The molecule has 0 bridgehead atoms. The van der Waals surface area contributed by atoms with E-state index in [2.05, 4.69) is 21.4 Å². The number of halogens is 2. The van der Waals surface area contributed by atoms with Crippen LogP contribution in [0.25, 0.3) is 22.7 Å². The van der Waals surface area contributed by atoms with Crippen molar-refractivity contribution in [1.29, 1.82) is 5.26 Å². The Labute approximate surface area is 194 Å². The summed E-state index contributed by atoms with van der Waals surface area (Å²) < 4.78 is 32.0. The van der Waals surface area contributed by atoms with E-state index >= 15 is 0 Å². The Morgan fingerprint density at radius 2 is 1.85 bits per heavy atom. The van der Waals surface area contributed by atoms with Crippen molar-refractivity contribution in [2.75, 3.05) is 11.9 Å². The molecule has 34 heavy (non-hydrogen) atoms. The summed E-state index contributed by atoms with van der Waals surface area (Å²) in [6.45, 7) is 3.68. The van der Waals surface area contributed by atoms with E-state index in [1.165, 1.54) is 0 Å². The molecule has 3 aromatic carbocycles. The lowest BCUT2D eigenvalue weighted by molar-refractivity contribution is -0.118. The number of aromatic amines is 1. The molecule has 2 N–H and O–H groups in total. The van der Waals surface area contributed by atoms with E-state index in [0.717, 1.165) is 39.9 Å². The van der Waals surface area contributed by atoms with Gasteiger partial charge in [-0.25, -0.2) is 13.8 Å². The Kier molecular flexibility index (Phi) is 6.37. The van der Waals surface area contributed by atoms with Crippen molar-refractivity contribution in [3.05, 3.63) is 88.7 Å². The molecule has 1 heterocycles. The Balaban J connectivity index is 1.42. The van der Waals surface area contributed by atoms with Crippen LogP contribution >= 0.6 is 0 Å². The number of amides is 1. The first-order valence-electron chi connectivity index (χ1n) is 10.4. The largest absolute Gasteiger partial charge is 0.484 e. The van der Waals surface area contributed by atoms with Gasteiger partial charge in [-0.3, -0.25) is 4.79 Å². The molecular formula is C26H20F2N4O2. The first kappa shape index (κ1) is 22.7. The van der Waals surface area contributed by atoms with Crippen molar-refractivity contribution in [2.45, 2.75) is 13.8 Å². The number of benzene rings is 3. The third-order valence-electron chi connectivity index (χ3n) is 5.24. The van der Waals surface area contributed by atoms with Gasteiger partial charge in [-0.05, 0) is 73.0 Å². The standard InChI is InChI=1S/C26H20F2N4O2/c1-15-9-23-24(10-16(15)2)32-26(31-23)18(13-29)11-17-3-6-20(7-4-17)34-14-25(33)30-22-8-5-19(27)12-21(22)28/h3-12H,14H2,1-2H3,(H,30,33)(H,31,32). The maximum Gasteiger partial charge on any atom is 0.262 e. The number of imidazole rings is 1.